The van der Waals surface area contributed by atoms with Gasteiger partial charge in [0.25, 0.3) is 0 Å². The number of nitrogens with one attached hydrogen (secondary N) is 1. The monoisotopic (exact) mass is 251 g/mol. The molecule has 1 fully saturated rings. The van der Waals surface area contributed by atoms with Crippen LogP contribution in [0, 0.1) is 0 Å². The number of hydrogen-bond donors (Lipinski definition) is 1. The summed E-state index contributed by atoms with van der Waals surface area (Å²) >= 11 is 6.04. The lowest BCUT2D eigenvalue weighted by Gasteiger charge is -2.41. The van der Waals surface area contributed by atoms with Crippen molar-refractivity contribution in [1.29, 1.82) is 0 Å². The molecule has 17 heavy (non-hydrogen) atoms. The zero-order valence-electron chi connectivity index (χ0n) is 9.65. The fourth-order valence-corrected chi connectivity index (χ4v) is 2.54. The highest BCUT2D eigenvalue weighted by Gasteiger charge is 2.36. The third-order valence-electron chi connectivity index (χ3n) is 3.48. The van der Waals surface area contributed by atoms with Gasteiger partial charge >= 0.3 is 0 Å². The second kappa shape index (κ2) is 3.84. The molecule has 1 aliphatic rings. The minimum atomic E-state index is 0.0126. The predicted molar refractivity (Wildman–Crippen MR) is 67.2 cm³/mol. The number of fused-ring (bicyclic) bond motifs is 1. The van der Waals surface area contributed by atoms with E-state index in [0.29, 0.717) is 5.88 Å². The van der Waals surface area contributed by atoms with Gasteiger partial charge in [-0.2, -0.15) is 5.10 Å². The van der Waals surface area contributed by atoms with Crippen LogP contribution in [-0.2, 0) is 7.05 Å². The maximum Gasteiger partial charge on any atom is 0.163 e. The van der Waals surface area contributed by atoms with E-state index in [-0.39, 0.29) is 5.54 Å². The van der Waals surface area contributed by atoms with Crippen molar-refractivity contribution in [2.75, 3.05) is 11.2 Å². The molecule has 0 amide bonds. The maximum absolute atomic E-state index is 6.04. The smallest absolute Gasteiger partial charge is 0.163 e. The molecule has 1 saturated carbocycles. The van der Waals surface area contributed by atoms with Crippen molar-refractivity contribution in [3.8, 4) is 0 Å². The second-order valence-corrected chi connectivity index (χ2v) is 4.89. The van der Waals surface area contributed by atoms with Crippen LogP contribution < -0.4 is 5.32 Å². The van der Waals surface area contributed by atoms with Crippen molar-refractivity contribution >= 4 is 28.5 Å². The molecule has 0 radical (unpaired) electrons. The highest BCUT2D eigenvalue weighted by Crippen LogP contribution is 2.37. The summed E-state index contributed by atoms with van der Waals surface area (Å²) in [6.45, 7) is 0. The van der Waals surface area contributed by atoms with Crippen molar-refractivity contribution in [3.63, 3.8) is 0 Å². The molecular formula is C11H14ClN5. The Morgan fingerprint density at radius 1 is 1.47 bits per heavy atom. The fourth-order valence-electron chi connectivity index (χ4n) is 2.21. The summed E-state index contributed by atoms with van der Waals surface area (Å²) in [5.74, 6) is 1.45. The maximum atomic E-state index is 6.04. The Kier molecular flexibility index (Phi) is 2.43. The minimum absolute atomic E-state index is 0.0126. The lowest BCUT2D eigenvalue weighted by Crippen LogP contribution is -2.47. The van der Waals surface area contributed by atoms with Gasteiger partial charge in [0, 0.05) is 12.9 Å². The fraction of sp³-hybridized carbons (Fsp3) is 0.545. The number of halogens is 1. The number of anilines is 1. The van der Waals surface area contributed by atoms with Crippen LogP contribution in [0.2, 0.25) is 0 Å². The van der Waals surface area contributed by atoms with Crippen molar-refractivity contribution in [3.05, 3.63) is 12.5 Å². The molecule has 1 N–H and O–H groups in total. The minimum Gasteiger partial charge on any atom is -0.363 e. The Labute approximate surface area is 104 Å². The van der Waals surface area contributed by atoms with E-state index in [1.54, 1.807) is 17.2 Å². The molecule has 0 bridgehead atoms. The van der Waals surface area contributed by atoms with E-state index < -0.39 is 0 Å². The van der Waals surface area contributed by atoms with Gasteiger partial charge in [-0.15, -0.1) is 11.6 Å². The first-order chi connectivity index (χ1) is 8.24. The average Bonchev–Trinajstić information content (AvgIpc) is 2.67. The number of aryl methyl sites for hydroxylation is 1. The summed E-state index contributed by atoms with van der Waals surface area (Å²) in [5, 5.41) is 8.61. The molecule has 0 atom stereocenters. The van der Waals surface area contributed by atoms with Gasteiger partial charge in [0.1, 0.15) is 12.1 Å². The van der Waals surface area contributed by atoms with Gasteiger partial charge < -0.3 is 5.32 Å². The van der Waals surface area contributed by atoms with E-state index in [4.69, 9.17) is 11.6 Å². The first kappa shape index (κ1) is 10.8. The molecule has 90 valence electrons. The quantitative estimate of drug-likeness (QED) is 0.847. The van der Waals surface area contributed by atoms with Gasteiger partial charge in [0.2, 0.25) is 0 Å². The van der Waals surface area contributed by atoms with Crippen LogP contribution >= 0.6 is 11.6 Å². The molecule has 0 unspecified atom stereocenters. The molecule has 0 spiro atoms. The Hall–Kier alpha value is -1.36. The van der Waals surface area contributed by atoms with Crippen LogP contribution in [0.4, 0.5) is 5.82 Å². The van der Waals surface area contributed by atoms with Crippen LogP contribution in [0.5, 0.6) is 0 Å². The number of hydrogen-bond acceptors (Lipinski definition) is 4. The van der Waals surface area contributed by atoms with Gasteiger partial charge in [-0.05, 0) is 19.3 Å². The summed E-state index contributed by atoms with van der Waals surface area (Å²) in [6, 6.07) is 0. The standard InChI is InChI=1S/C11H14ClN5/c1-17-10-8(5-15-17)9(13-7-14-10)16-11(6-12)3-2-4-11/h5,7H,2-4,6H2,1H3,(H,13,14,16). The van der Waals surface area contributed by atoms with Crippen molar-refractivity contribution in [2.45, 2.75) is 24.8 Å². The molecule has 5 nitrogen and oxygen atoms in total. The van der Waals surface area contributed by atoms with Gasteiger partial charge in [-0.3, -0.25) is 4.68 Å². The van der Waals surface area contributed by atoms with E-state index in [9.17, 15) is 0 Å². The van der Waals surface area contributed by atoms with E-state index in [1.165, 1.54) is 6.42 Å². The van der Waals surface area contributed by atoms with Gasteiger partial charge in [0.05, 0.1) is 17.1 Å². The van der Waals surface area contributed by atoms with Crippen LogP contribution in [0.3, 0.4) is 0 Å². The number of nitrogens with zero attached hydrogens (tertiary/aromatic N) is 4. The molecule has 2 aromatic rings. The summed E-state index contributed by atoms with van der Waals surface area (Å²) < 4.78 is 1.75. The zero-order chi connectivity index (χ0) is 11.9. The largest absolute Gasteiger partial charge is 0.363 e. The van der Waals surface area contributed by atoms with Crippen LogP contribution in [0.25, 0.3) is 11.0 Å². The second-order valence-electron chi connectivity index (χ2n) is 4.62. The first-order valence-corrected chi connectivity index (χ1v) is 6.24. The van der Waals surface area contributed by atoms with Crippen molar-refractivity contribution in [1.82, 2.24) is 19.7 Å². The number of alkyl halides is 1. The van der Waals surface area contributed by atoms with E-state index in [2.05, 4.69) is 20.4 Å². The Balaban J connectivity index is 2.00. The van der Waals surface area contributed by atoms with Gasteiger partial charge in [0.15, 0.2) is 5.65 Å². The molecule has 0 aromatic carbocycles. The molecule has 0 saturated heterocycles. The summed E-state index contributed by atoms with van der Waals surface area (Å²) in [6.07, 6.45) is 6.77. The van der Waals surface area contributed by atoms with Crippen molar-refractivity contribution in [2.24, 2.45) is 7.05 Å². The van der Waals surface area contributed by atoms with Crippen LogP contribution in [-0.4, -0.2) is 31.2 Å². The van der Waals surface area contributed by atoms with Crippen LogP contribution in [0.15, 0.2) is 12.5 Å². The Morgan fingerprint density at radius 2 is 2.29 bits per heavy atom. The Morgan fingerprint density at radius 3 is 2.94 bits per heavy atom. The molecular weight excluding hydrogens is 238 g/mol. The van der Waals surface area contributed by atoms with Crippen LogP contribution in [0.1, 0.15) is 19.3 Å². The van der Waals surface area contributed by atoms with Gasteiger partial charge in [-0.1, -0.05) is 0 Å². The third-order valence-corrected chi connectivity index (χ3v) is 3.99. The highest BCUT2D eigenvalue weighted by molar-refractivity contribution is 6.19. The number of aromatic nitrogens is 4. The molecule has 1 aliphatic carbocycles. The lowest BCUT2D eigenvalue weighted by atomic mass is 9.78. The first-order valence-electron chi connectivity index (χ1n) is 5.71. The lowest BCUT2D eigenvalue weighted by molar-refractivity contribution is 0.310. The molecule has 0 aliphatic heterocycles. The normalized spacial score (nSPS) is 18.0. The van der Waals surface area contributed by atoms with Gasteiger partial charge in [-0.25, -0.2) is 9.97 Å². The zero-order valence-corrected chi connectivity index (χ0v) is 10.4. The van der Waals surface area contributed by atoms with E-state index >= 15 is 0 Å². The molecule has 2 heterocycles. The Bertz CT molecular complexity index is 540. The SMILES string of the molecule is Cn1ncc2c(NC3(CCl)CCC3)ncnc21. The molecule has 6 heteroatoms. The third kappa shape index (κ3) is 1.65. The summed E-state index contributed by atoms with van der Waals surface area (Å²) in [7, 11) is 1.87. The summed E-state index contributed by atoms with van der Waals surface area (Å²) in [4.78, 5) is 8.52. The highest BCUT2D eigenvalue weighted by atomic mass is 35.5. The number of rotatable bonds is 3. The van der Waals surface area contributed by atoms with E-state index in [1.807, 2.05) is 7.05 Å². The molecule has 2 aromatic heterocycles. The topological polar surface area (TPSA) is 55.6 Å². The summed E-state index contributed by atoms with van der Waals surface area (Å²) in [5.41, 5.74) is 0.852. The average molecular weight is 252 g/mol. The predicted octanol–water partition coefficient (Wildman–Crippen LogP) is 1.94. The van der Waals surface area contributed by atoms with E-state index in [0.717, 1.165) is 29.7 Å². The molecule has 3 rings (SSSR count). The van der Waals surface area contributed by atoms with Crippen molar-refractivity contribution < 1.29 is 0 Å².